The minimum Gasteiger partial charge on any atom is -0.376 e. The van der Waals surface area contributed by atoms with Crippen LogP contribution in [-0.4, -0.2) is 19.5 Å². The lowest BCUT2D eigenvalue weighted by Crippen LogP contribution is -2.21. The van der Waals surface area contributed by atoms with Crippen LogP contribution in [0, 0.1) is 5.41 Å². The molecule has 0 N–H and O–H groups in total. The molecule has 0 aliphatic heterocycles. The zero-order valence-corrected chi connectivity index (χ0v) is 7.52. The lowest BCUT2D eigenvalue weighted by Gasteiger charge is -2.16. The predicted molar refractivity (Wildman–Crippen MR) is 45.5 cm³/mol. The quantitative estimate of drug-likeness (QED) is 0.448. The minimum atomic E-state index is -0.366. The Labute approximate surface area is 68.2 Å². The standard InChI is InChI=1S/C9H16O2/c1-8(2)5-11-7-9(3,4)6-10/h6H,1,5,7H2,2-4H3. The van der Waals surface area contributed by atoms with Crippen LogP contribution < -0.4 is 0 Å². The van der Waals surface area contributed by atoms with Gasteiger partial charge in [-0.05, 0) is 6.92 Å². The maximum Gasteiger partial charge on any atom is 0.127 e. The van der Waals surface area contributed by atoms with Crippen molar-refractivity contribution >= 4 is 6.29 Å². The van der Waals surface area contributed by atoms with Gasteiger partial charge in [-0.1, -0.05) is 26.0 Å². The molecule has 11 heavy (non-hydrogen) atoms. The summed E-state index contributed by atoms with van der Waals surface area (Å²) < 4.78 is 5.22. The molecule has 0 fully saturated rings. The van der Waals surface area contributed by atoms with Gasteiger partial charge < -0.3 is 9.53 Å². The van der Waals surface area contributed by atoms with Gasteiger partial charge in [0, 0.05) is 5.41 Å². The minimum absolute atomic E-state index is 0.366. The van der Waals surface area contributed by atoms with Crippen LogP contribution in [0.1, 0.15) is 20.8 Å². The Morgan fingerprint density at radius 2 is 2.18 bits per heavy atom. The Kier molecular flexibility index (Phi) is 4.04. The van der Waals surface area contributed by atoms with Crippen LogP contribution in [0.2, 0.25) is 0 Å². The van der Waals surface area contributed by atoms with Crippen LogP contribution in [0.25, 0.3) is 0 Å². The number of carbonyl (C=O) groups excluding carboxylic acids is 1. The van der Waals surface area contributed by atoms with E-state index in [-0.39, 0.29) is 5.41 Å². The van der Waals surface area contributed by atoms with E-state index in [9.17, 15) is 4.79 Å². The topological polar surface area (TPSA) is 26.3 Å². The molecule has 0 saturated carbocycles. The van der Waals surface area contributed by atoms with Gasteiger partial charge in [0.2, 0.25) is 0 Å². The van der Waals surface area contributed by atoms with Gasteiger partial charge >= 0.3 is 0 Å². The van der Waals surface area contributed by atoms with E-state index in [0.29, 0.717) is 13.2 Å². The molecule has 0 atom stereocenters. The Balaban J connectivity index is 3.53. The van der Waals surface area contributed by atoms with Crippen molar-refractivity contribution in [3.63, 3.8) is 0 Å². The molecule has 0 aliphatic carbocycles. The maximum absolute atomic E-state index is 10.4. The lowest BCUT2D eigenvalue weighted by molar-refractivity contribution is -0.117. The Bertz CT molecular complexity index is 148. The van der Waals surface area contributed by atoms with E-state index in [1.165, 1.54) is 0 Å². The average molecular weight is 156 g/mol. The normalized spacial score (nSPS) is 11.2. The molecule has 0 heterocycles. The van der Waals surface area contributed by atoms with Crippen molar-refractivity contribution in [1.29, 1.82) is 0 Å². The predicted octanol–water partition coefficient (Wildman–Crippen LogP) is 1.80. The van der Waals surface area contributed by atoms with Crippen molar-refractivity contribution in [2.24, 2.45) is 5.41 Å². The largest absolute Gasteiger partial charge is 0.376 e. The molecule has 0 aromatic carbocycles. The van der Waals surface area contributed by atoms with E-state index < -0.39 is 0 Å². The van der Waals surface area contributed by atoms with Gasteiger partial charge in [0.05, 0.1) is 13.2 Å². The summed E-state index contributed by atoms with van der Waals surface area (Å²) in [6, 6.07) is 0. The highest BCUT2D eigenvalue weighted by atomic mass is 16.5. The van der Waals surface area contributed by atoms with E-state index >= 15 is 0 Å². The number of rotatable bonds is 5. The summed E-state index contributed by atoms with van der Waals surface area (Å²) in [7, 11) is 0. The molecule has 0 aliphatic rings. The number of aldehydes is 1. The van der Waals surface area contributed by atoms with Crippen molar-refractivity contribution in [2.45, 2.75) is 20.8 Å². The summed E-state index contributed by atoms with van der Waals surface area (Å²) in [5.74, 6) is 0. The van der Waals surface area contributed by atoms with Crippen molar-refractivity contribution in [2.75, 3.05) is 13.2 Å². The van der Waals surface area contributed by atoms with Gasteiger partial charge in [-0.3, -0.25) is 0 Å². The van der Waals surface area contributed by atoms with E-state index in [1.807, 2.05) is 20.8 Å². The highest BCUT2D eigenvalue weighted by Crippen LogP contribution is 2.10. The maximum atomic E-state index is 10.4. The van der Waals surface area contributed by atoms with Crippen molar-refractivity contribution in [3.05, 3.63) is 12.2 Å². The van der Waals surface area contributed by atoms with Gasteiger partial charge in [-0.2, -0.15) is 0 Å². The summed E-state index contributed by atoms with van der Waals surface area (Å²) >= 11 is 0. The second-order valence-electron chi connectivity index (χ2n) is 3.56. The van der Waals surface area contributed by atoms with Crippen molar-refractivity contribution in [1.82, 2.24) is 0 Å². The third-order valence-electron chi connectivity index (χ3n) is 1.14. The average Bonchev–Trinajstić information content (AvgIpc) is 1.87. The van der Waals surface area contributed by atoms with Gasteiger partial charge in [0.1, 0.15) is 6.29 Å². The van der Waals surface area contributed by atoms with Gasteiger partial charge in [0.15, 0.2) is 0 Å². The first-order valence-corrected chi connectivity index (χ1v) is 3.66. The van der Waals surface area contributed by atoms with E-state index in [4.69, 9.17) is 4.74 Å². The fourth-order valence-corrected chi connectivity index (χ4v) is 0.522. The van der Waals surface area contributed by atoms with Crippen LogP contribution in [0.3, 0.4) is 0 Å². The third kappa shape index (κ3) is 5.80. The molecule has 0 radical (unpaired) electrons. The van der Waals surface area contributed by atoms with Crippen LogP contribution in [0.15, 0.2) is 12.2 Å². The van der Waals surface area contributed by atoms with E-state index in [0.717, 1.165) is 11.9 Å². The summed E-state index contributed by atoms with van der Waals surface area (Å²) in [4.78, 5) is 10.4. The smallest absolute Gasteiger partial charge is 0.127 e. The SMILES string of the molecule is C=C(C)COCC(C)(C)C=O. The second-order valence-corrected chi connectivity index (χ2v) is 3.56. The zero-order valence-electron chi connectivity index (χ0n) is 7.52. The van der Waals surface area contributed by atoms with Crippen molar-refractivity contribution < 1.29 is 9.53 Å². The Morgan fingerprint density at radius 1 is 1.64 bits per heavy atom. The van der Waals surface area contributed by atoms with Crippen molar-refractivity contribution in [3.8, 4) is 0 Å². The fourth-order valence-electron chi connectivity index (χ4n) is 0.522. The summed E-state index contributed by atoms with van der Waals surface area (Å²) in [6.07, 6.45) is 0.908. The lowest BCUT2D eigenvalue weighted by atomic mass is 9.98. The number of carbonyl (C=O) groups is 1. The molecule has 0 aromatic heterocycles. The van der Waals surface area contributed by atoms with E-state index in [2.05, 4.69) is 6.58 Å². The van der Waals surface area contributed by atoms with Gasteiger partial charge in [-0.15, -0.1) is 0 Å². The highest BCUT2D eigenvalue weighted by Gasteiger charge is 2.15. The molecule has 0 bridgehead atoms. The summed E-state index contributed by atoms with van der Waals surface area (Å²) in [6.45, 7) is 10.3. The zero-order chi connectivity index (χ0) is 8.91. The molecular formula is C9H16O2. The Hall–Kier alpha value is -0.630. The number of hydrogen-bond donors (Lipinski definition) is 0. The summed E-state index contributed by atoms with van der Waals surface area (Å²) in [5.41, 5.74) is 0.613. The molecule has 0 rings (SSSR count). The molecule has 0 unspecified atom stereocenters. The van der Waals surface area contributed by atoms with Gasteiger partial charge in [-0.25, -0.2) is 0 Å². The highest BCUT2D eigenvalue weighted by molar-refractivity contribution is 5.57. The molecule has 0 aromatic rings. The summed E-state index contributed by atoms with van der Waals surface area (Å²) in [5, 5.41) is 0. The van der Waals surface area contributed by atoms with Crippen LogP contribution in [0.5, 0.6) is 0 Å². The van der Waals surface area contributed by atoms with Crippen LogP contribution in [0.4, 0.5) is 0 Å². The Morgan fingerprint density at radius 3 is 2.55 bits per heavy atom. The second kappa shape index (κ2) is 4.29. The molecule has 0 amide bonds. The first kappa shape index (κ1) is 10.4. The monoisotopic (exact) mass is 156 g/mol. The molecule has 2 heteroatoms. The number of hydrogen-bond acceptors (Lipinski definition) is 2. The van der Waals surface area contributed by atoms with E-state index in [1.54, 1.807) is 0 Å². The molecule has 0 spiro atoms. The first-order valence-electron chi connectivity index (χ1n) is 3.66. The first-order chi connectivity index (χ1) is 4.98. The molecular weight excluding hydrogens is 140 g/mol. The molecule has 64 valence electrons. The number of ether oxygens (including phenoxy) is 1. The van der Waals surface area contributed by atoms with Crippen LogP contribution in [-0.2, 0) is 9.53 Å². The van der Waals surface area contributed by atoms with Crippen LogP contribution >= 0.6 is 0 Å². The third-order valence-corrected chi connectivity index (χ3v) is 1.14. The van der Waals surface area contributed by atoms with Gasteiger partial charge in [0.25, 0.3) is 0 Å². The molecule has 0 saturated heterocycles. The fraction of sp³-hybridized carbons (Fsp3) is 0.667. The molecule has 2 nitrogen and oxygen atoms in total.